The molecular weight excluding hydrogens is 266 g/mol. The van der Waals surface area contributed by atoms with Crippen LogP contribution in [-0.2, 0) is 10.0 Å². The fourth-order valence-corrected chi connectivity index (χ4v) is 4.19. The molecule has 98 valence electrons. The quantitative estimate of drug-likeness (QED) is 0.842. The molecule has 0 saturated heterocycles. The number of sulfonamides is 1. The molecule has 0 bridgehead atoms. The Hall–Kier alpha value is -1.07. The zero-order valence-electron chi connectivity index (χ0n) is 10.6. The molecule has 0 amide bonds. The Morgan fingerprint density at radius 2 is 2.00 bits per heavy atom. The average Bonchev–Trinajstić information content (AvgIpc) is 2.70. The first-order valence-corrected chi connectivity index (χ1v) is 8.65. The molecule has 1 aromatic heterocycles. The van der Waals surface area contributed by atoms with Crippen molar-refractivity contribution in [3.05, 3.63) is 30.3 Å². The van der Waals surface area contributed by atoms with E-state index in [4.69, 9.17) is 0 Å². The molecule has 18 heavy (non-hydrogen) atoms. The lowest BCUT2D eigenvalue weighted by molar-refractivity contribution is 0.595. The van der Waals surface area contributed by atoms with Crippen LogP contribution in [0, 0.1) is 0 Å². The predicted octanol–water partition coefficient (Wildman–Crippen LogP) is 3.47. The summed E-state index contributed by atoms with van der Waals surface area (Å²) in [6, 6.07) is 9.92. The smallest absolute Gasteiger partial charge is 0.232 e. The van der Waals surface area contributed by atoms with Crippen molar-refractivity contribution in [3.63, 3.8) is 0 Å². The molecule has 0 N–H and O–H groups in total. The van der Waals surface area contributed by atoms with Gasteiger partial charge in [-0.3, -0.25) is 4.31 Å². The summed E-state index contributed by atoms with van der Waals surface area (Å²) < 4.78 is 26.3. The van der Waals surface area contributed by atoms with Crippen LogP contribution in [0.4, 0.5) is 5.00 Å². The number of hydrogen-bond acceptors (Lipinski definition) is 3. The summed E-state index contributed by atoms with van der Waals surface area (Å²) in [6.45, 7) is 2.62. The van der Waals surface area contributed by atoms with Crippen LogP contribution in [0.15, 0.2) is 30.3 Å². The van der Waals surface area contributed by atoms with E-state index in [9.17, 15) is 8.42 Å². The van der Waals surface area contributed by atoms with Crippen molar-refractivity contribution >= 4 is 36.4 Å². The van der Waals surface area contributed by atoms with Crippen molar-refractivity contribution in [2.24, 2.45) is 0 Å². The molecule has 2 aromatic rings. The van der Waals surface area contributed by atoms with E-state index in [1.54, 1.807) is 0 Å². The van der Waals surface area contributed by atoms with Gasteiger partial charge in [0, 0.05) is 11.2 Å². The maximum atomic E-state index is 11.8. The molecule has 2 rings (SSSR count). The molecule has 0 aliphatic rings. The largest absolute Gasteiger partial charge is 0.261 e. The summed E-state index contributed by atoms with van der Waals surface area (Å²) in [5.74, 6) is 0. The zero-order chi connectivity index (χ0) is 13.2. The van der Waals surface area contributed by atoms with Gasteiger partial charge in [-0.05, 0) is 23.9 Å². The van der Waals surface area contributed by atoms with Crippen molar-refractivity contribution in [1.29, 1.82) is 0 Å². The molecule has 0 aliphatic heterocycles. The minimum Gasteiger partial charge on any atom is -0.261 e. The molecule has 3 nitrogen and oxygen atoms in total. The maximum absolute atomic E-state index is 11.8. The number of thiophene rings is 1. The number of rotatable bonds is 5. The second-order valence-corrected chi connectivity index (χ2v) is 7.28. The van der Waals surface area contributed by atoms with Gasteiger partial charge in [0.15, 0.2) is 0 Å². The molecule has 0 saturated carbocycles. The molecule has 0 aliphatic carbocycles. The van der Waals surface area contributed by atoms with Crippen LogP contribution >= 0.6 is 11.3 Å². The lowest BCUT2D eigenvalue weighted by atomic mass is 10.3. The minimum absolute atomic E-state index is 0.558. The highest BCUT2D eigenvalue weighted by atomic mass is 32.2. The third-order valence-corrected chi connectivity index (χ3v) is 5.21. The zero-order valence-corrected chi connectivity index (χ0v) is 12.2. The van der Waals surface area contributed by atoms with Gasteiger partial charge in [-0.1, -0.05) is 31.5 Å². The van der Waals surface area contributed by atoms with Crippen LogP contribution in [-0.4, -0.2) is 21.2 Å². The molecule has 0 radical (unpaired) electrons. The number of hydrogen-bond donors (Lipinski definition) is 0. The summed E-state index contributed by atoms with van der Waals surface area (Å²) >= 11 is 1.53. The van der Waals surface area contributed by atoms with E-state index in [1.165, 1.54) is 21.9 Å². The lowest BCUT2D eigenvalue weighted by Crippen LogP contribution is -2.29. The highest BCUT2D eigenvalue weighted by molar-refractivity contribution is 7.92. The van der Waals surface area contributed by atoms with Gasteiger partial charge in [0.2, 0.25) is 10.0 Å². The Kier molecular flexibility index (Phi) is 3.92. The molecule has 0 spiro atoms. The Morgan fingerprint density at radius 1 is 1.28 bits per heavy atom. The van der Waals surface area contributed by atoms with Gasteiger partial charge in [0.1, 0.15) is 5.00 Å². The summed E-state index contributed by atoms with van der Waals surface area (Å²) in [7, 11) is -3.19. The first kappa shape index (κ1) is 13.4. The summed E-state index contributed by atoms with van der Waals surface area (Å²) in [5, 5.41) is 1.91. The highest BCUT2D eigenvalue weighted by Crippen LogP contribution is 2.33. The third kappa shape index (κ3) is 2.84. The van der Waals surface area contributed by atoms with E-state index in [1.807, 2.05) is 30.3 Å². The molecular formula is C13H17NO2S2. The summed E-state index contributed by atoms with van der Waals surface area (Å²) in [5.41, 5.74) is 0. The fraction of sp³-hybridized carbons (Fsp3) is 0.385. The van der Waals surface area contributed by atoms with Crippen molar-refractivity contribution in [3.8, 4) is 0 Å². The third-order valence-electron chi connectivity index (χ3n) is 2.77. The van der Waals surface area contributed by atoms with E-state index < -0.39 is 10.0 Å². The second kappa shape index (κ2) is 5.28. The Labute approximate surface area is 112 Å². The summed E-state index contributed by atoms with van der Waals surface area (Å²) in [4.78, 5) is 0. The lowest BCUT2D eigenvalue weighted by Gasteiger charge is -2.19. The maximum Gasteiger partial charge on any atom is 0.232 e. The number of benzene rings is 1. The van der Waals surface area contributed by atoms with Crippen molar-refractivity contribution in [2.75, 3.05) is 17.1 Å². The number of unbranched alkanes of at least 4 members (excludes halogenated alkanes) is 1. The Balaban J connectivity index is 2.41. The predicted molar refractivity (Wildman–Crippen MR) is 78.9 cm³/mol. The van der Waals surface area contributed by atoms with Gasteiger partial charge in [-0.2, -0.15) is 0 Å². The van der Waals surface area contributed by atoms with Crippen LogP contribution in [0.2, 0.25) is 0 Å². The van der Waals surface area contributed by atoms with E-state index in [2.05, 4.69) is 6.92 Å². The molecule has 5 heteroatoms. The molecule has 1 heterocycles. The van der Waals surface area contributed by atoms with E-state index in [0.717, 1.165) is 27.9 Å². The SMILES string of the molecule is CCCCN(c1cc2ccccc2s1)S(C)(=O)=O. The van der Waals surface area contributed by atoms with Gasteiger partial charge in [-0.25, -0.2) is 8.42 Å². The minimum atomic E-state index is -3.19. The Bertz CT molecular complexity index is 598. The van der Waals surface area contributed by atoms with Crippen LogP contribution in [0.5, 0.6) is 0 Å². The second-order valence-electron chi connectivity index (χ2n) is 4.31. The van der Waals surface area contributed by atoms with Crippen LogP contribution in [0.3, 0.4) is 0 Å². The molecule has 0 unspecified atom stereocenters. The molecule has 0 fully saturated rings. The van der Waals surface area contributed by atoms with Crippen LogP contribution in [0.1, 0.15) is 19.8 Å². The monoisotopic (exact) mass is 283 g/mol. The van der Waals surface area contributed by atoms with E-state index in [-0.39, 0.29) is 0 Å². The topological polar surface area (TPSA) is 37.4 Å². The Morgan fingerprint density at radius 3 is 2.61 bits per heavy atom. The fourth-order valence-electron chi connectivity index (χ4n) is 1.83. The molecule has 0 atom stereocenters. The number of anilines is 1. The van der Waals surface area contributed by atoms with E-state index >= 15 is 0 Å². The van der Waals surface area contributed by atoms with Crippen LogP contribution in [0.25, 0.3) is 10.1 Å². The van der Waals surface area contributed by atoms with Crippen molar-refractivity contribution in [2.45, 2.75) is 19.8 Å². The first-order chi connectivity index (χ1) is 8.52. The average molecular weight is 283 g/mol. The van der Waals surface area contributed by atoms with Crippen LogP contribution < -0.4 is 4.31 Å². The van der Waals surface area contributed by atoms with Gasteiger partial charge in [0.25, 0.3) is 0 Å². The van der Waals surface area contributed by atoms with Gasteiger partial charge < -0.3 is 0 Å². The van der Waals surface area contributed by atoms with E-state index in [0.29, 0.717) is 6.54 Å². The normalized spacial score (nSPS) is 11.9. The van der Waals surface area contributed by atoms with Gasteiger partial charge in [-0.15, -0.1) is 11.3 Å². The number of fused-ring (bicyclic) bond motifs is 1. The van der Waals surface area contributed by atoms with Gasteiger partial charge >= 0.3 is 0 Å². The summed E-state index contributed by atoms with van der Waals surface area (Å²) in [6.07, 6.45) is 3.13. The van der Waals surface area contributed by atoms with Gasteiger partial charge in [0.05, 0.1) is 6.26 Å². The first-order valence-electron chi connectivity index (χ1n) is 5.98. The molecule has 1 aromatic carbocycles. The van der Waals surface area contributed by atoms with Crippen molar-refractivity contribution in [1.82, 2.24) is 0 Å². The number of nitrogens with zero attached hydrogens (tertiary/aromatic N) is 1. The highest BCUT2D eigenvalue weighted by Gasteiger charge is 2.18. The van der Waals surface area contributed by atoms with Crippen molar-refractivity contribution < 1.29 is 8.42 Å². The standard InChI is InChI=1S/C13H17NO2S2/c1-3-4-9-14(18(2,15)16)13-10-11-7-5-6-8-12(11)17-13/h5-8,10H,3-4,9H2,1-2H3.